The summed E-state index contributed by atoms with van der Waals surface area (Å²) in [6, 6.07) is 17.1. The van der Waals surface area contributed by atoms with Crippen molar-refractivity contribution < 1.29 is 9.90 Å². The third kappa shape index (κ3) is 4.44. The molecule has 0 bridgehead atoms. The van der Waals surface area contributed by atoms with Gasteiger partial charge in [0, 0.05) is 5.38 Å². The zero-order chi connectivity index (χ0) is 21.8. The van der Waals surface area contributed by atoms with Gasteiger partial charge < -0.3 is 10.4 Å². The molecule has 0 radical (unpaired) electrons. The largest absolute Gasteiger partial charge is 0.394 e. The number of carbonyl (C=O) groups is 1. The minimum Gasteiger partial charge on any atom is -0.394 e. The average molecular weight is 429 g/mol. The molecule has 2 amide bonds. The highest BCUT2D eigenvalue weighted by Crippen LogP contribution is 2.48. The Morgan fingerprint density at radius 1 is 1.26 bits per heavy atom. The molecule has 0 aliphatic heterocycles. The van der Waals surface area contributed by atoms with Crippen LogP contribution in [0, 0.1) is 23.7 Å². The highest BCUT2D eigenvalue weighted by atomic mass is 32.1. The number of nitriles is 1. The molecule has 1 fully saturated rings. The maximum atomic E-state index is 12.3. The number of benzene rings is 2. The summed E-state index contributed by atoms with van der Waals surface area (Å²) in [5.41, 5.74) is 3.54. The summed E-state index contributed by atoms with van der Waals surface area (Å²) in [5.74, 6) is 2.78. The molecule has 1 aromatic heterocycles. The molecule has 1 heterocycles. The summed E-state index contributed by atoms with van der Waals surface area (Å²) in [6.07, 6.45) is 7.10. The first-order chi connectivity index (χ1) is 15.1. The molecule has 1 aliphatic carbocycles. The van der Waals surface area contributed by atoms with Gasteiger partial charge in [-0.25, -0.2) is 9.78 Å². The molecule has 1 atom stereocenters. The van der Waals surface area contributed by atoms with E-state index >= 15 is 0 Å². The summed E-state index contributed by atoms with van der Waals surface area (Å²) >= 11 is 1.26. The van der Waals surface area contributed by atoms with Gasteiger partial charge in [-0.05, 0) is 47.1 Å². The molecule has 1 aliphatic rings. The van der Waals surface area contributed by atoms with E-state index in [1.165, 1.54) is 11.3 Å². The lowest BCUT2D eigenvalue weighted by atomic mass is 9.93. The summed E-state index contributed by atoms with van der Waals surface area (Å²) in [6.45, 7) is -0.250. The Balaban J connectivity index is 1.45. The lowest BCUT2D eigenvalue weighted by Gasteiger charge is -2.17. The van der Waals surface area contributed by atoms with E-state index in [1.807, 2.05) is 42.5 Å². The number of terminal acetylenes is 1. The molecule has 7 heteroatoms. The number of nitrogens with zero attached hydrogens (tertiary/aromatic N) is 2. The van der Waals surface area contributed by atoms with Crippen molar-refractivity contribution in [3.05, 3.63) is 70.0 Å². The molecule has 6 nitrogen and oxygen atoms in total. The number of rotatable bonds is 6. The van der Waals surface area contributed by atoms with E-state index in [4.69, 9.17) is 6.42 Å². The molecule has 0 spiro atoms. The van der Waals surface area contributed by atoms with Gasteiger partial charge in [-0.3, -0.25) is 5.32 Å². The molecule has 3 N–H and O–H groups in total. The first-order valence-corrected chi connectivity index (χ1v) is 10.7. The summed E-state index contributed by atoms with van der Waals surface area (Å²) < 4.78 is 0. The number of urea groups is 1. The van der Waals surface area contributed by atoms with Crippen LogP contribution in [0.2, 0.25) is 0 Å². The molecule has 4 rings (SSSR count). The SMILES string of the molecule is C#Cc1nc(NC(=O)N[C@@H](CO)c2ccc(-c3cccc(C4(C#N)CC4)c3)cc2)cs1. The van der Waals surface area contributed by atoms with E-state index in [1.54, 1.807) is 5.38 Å². The topological polar surface area (TPSA) is 98.0 Å². The van der Waals surface area contributed by atoms with Crippen LogP contribution in [0.3, 0.4) is 0 Å². The molecule has 0 unspecified atom stereocenters. The first kappa shape index (κ1) is 20.6. The Morgan fingerprint density at radius 2 is 2.03 bits per heavy atom. The van der Waals surface area contributed by atoms with Gasteiger partial charge in [0.2, 0.25) is 0 Å². The van der Waals surface area contributed by atoms with Crippen LogP contribution in [0.15, 0.2) is 53.9 Å². The minimum atomic E-state index is -0.570. The number of aliphatic hydroxyl groups is 1. The number of aliphatic hydroxyl groups excluding tert-OH is 1. The normalized spacial score (nSPS) is 14.7. The molecule has 1 saturated carbocycles. The van der Waals surface area contributed by atoms with Gasteiger partial charge in [0.05, 0.1) is 24.1 Å². The number of amides is 2. The predicted molar refractivity (Wildman–Crippen MR) is 120 cm³/mol. The lowest BCUT2D eigenvalue weighted by molar-refractivity contribution is 0.225. The van der Waals surface area contributed by atoms with E-state index in [-0.39, 0.29) is 12.0 Å². The second-order valence-corrected chi connectivity index (χ2v) is 8.27. The standard InChI is InChI=1S/C24H20N4O2S/c1-2-22-27-21(14-31-22)28-23(30)26-20(13-29)17-8-6-16(7-9-17)18-4-3-5-19(12-18)24(15-25)10-11-24/h1,3-9,12,14,20,29H,10-11,13H2,(H2,26,28,30)/t20-/m0/s1. The maximum Gasteiger partial charge on any atom is 0.320 e. The Labute approximate surface area is 184 Å². The van der Waals surface area contributed by atoms with E-state index < -0.39 is 12.1 Å². The second kappa shape index (κ2) is 8.61. The van der Waals surface area contributed by atoms with Crippen molar-refractivity contribution in [1.29, 1.82) is 5.26 Å². The van der Waals surface area contributed by atoms with Crippen molar-refractivity contribution >= 4 is 23.2 Å². The summed E-state index contributed by atoms with van der Waals surface area (Å²) in [7, 11) is 0. The Morgan fingerprint density at radius 3 is 2.65 bits per heavy atom. The van der Waals surface area contributed by atoms with Crippen molar-refractivity contribution in [3.63, 3.8) is 0 Å². The van der Waals surface area contributed by atoms with E-state index in [9.17, 15) is 15.2 Å². The van der Waals surface area contributed by atoms with Gasteiger partial charge in [0.25, 0.3) is 0 Å². The monoisotopic (exact) mass is 428 g/mol. The van der Waals surface area contributed by atoms with Crippen LogP contribution in [-0.2, 0) is 5.41 Å². The molecule has 31 heavy (non-hydrogen) atoms. The van der Waals surface area contributed by atoms with Gasteiger partial charge in [-0.1, -0.05) is 42.5 Å². The summed E-state index contributed by atoms with van der Waals surface area (Å²) in [4.78, 5) is 16.3. The highest BCUT2D eigenvalue weighted by molar-refractivity contribution is 7.10. The van der Waals surface area contributed by atoms with Crippen molar-refractivity contribution in [2.45, 2.75) is 24.3 Å². The van der Waals surface area contributed by atoms with Crippen LogP contribution in [0.5, 0.6) is 0 Å². The van der Waals surface area contributed by atoms with E-state index in [2.05, 4.69) is 33.7 Å². The Kier molecular flexibility index (Phi) is 5.73. The Bertz CT molecular complexity index is 1180. The molecule has 2 aromatic carbocycles. The molecular formula is C24H20N4O2S. The Hall–Kier alpha value is -3.65. The van der Waals surface area contributed by atoms with Crippen LogP contribution >= 0.6 is 11.3 Å². The molecule has 154 valence electrons. The molecule has 0 saturated heterocycles. The lowest BCUT2D eigenvalue weighted by Crippen LogP contribution is -2.34. The fourth-order valence-electron chi connectivity index (χ4n) is 3.44. The minimum absolute atomic E-state index is 0.250. The van der Waals surface area contributed by atoms with Crippen LogP contribution in [0.4, 0.5) is 10.6 Å². The number of hydrogen-bond donors (Lipinski definition) is 3. The van der Waals surface area contributed by atoms with Crippen molar-refractivity contribution in [2.24, 2.45) is 0 Å². The quantitative estimate of drug-likeness (QED) is 0.513. The number of anilines is 1. The van der Waals surface area contributed by atoms with Crippen LogP contribution < -0.4 is 10.6 Å². The number of nitrogens with one attached hydrogen (secondary N) is 2. The predicted octanol–water partition coefficient (Wildman–Crippen LogP) is 4.20. The van der Waals surface area contributed by atoms with Crippen LogP contribution in [-0.4, -0.2) is 22.7 Å². The van der Waals surface area contributed by atoms with E-state index in [0.29, 0.717) is 10.8 Å². The number of thiazole rings is 1. The van der Waals surface area contributed by atoms with Crippen LogP contribution in [0.25, 0.3) is 11.1 Å². The van der Waals surface area contributed by atoms with Gasteiger partial charge in [0.15, 0.2) is 5.01 Å². The smallest absolute Gasteiger partial charge is 0.320 e. The van der Waals surface area contributed by atoms with E-state index in [0.717, 1.165) is 35.1 Å². The van der Waals surface area contributed by atoms with Gasteiger partial charge in [0.1, 0.15) is 5.82 Å². The average Bonchev–Trinajstić information content (AvgIpc) is 3.49. The van der Waals surface area contributed by atoms with Gasteiger partial charge >= 0.3 is 6.03 Å². The van der Waals surface area contributed by atoms with Gasteiger partial charge in [-0.2, -0.15) is 5.26 Å². The third-order valence-corrected chi connectivity index (χ3v) is 6.16. The fourth-order valence-corrected chi connectivity index (χ4v) is 3.99. The highest BCUT2D eigenvalue weighted by Gasteiger charge is 2.44. The number of aromatic nitrogens is 1. The van der Waals surface area contributed by atoms with Gasteiger partial charge in [-0.15, -0.1) is 17.8 Å². The summed E-state index contributed by atoms with van der Waals surface area (Å²) in [5, 5.41) is 26.7. The number of hydrogen-bond acceptors (Lipinski definition) is 5. The fraction of sp³-hybridized carbons (Fsp3) is 0.208. The second-order valence-electron chi connectivity index (χ2n) is 7.41. The zero-order valence-electron chi connectivity index (χ0n) is 16.6. The molecular weight excluding hydrogens is 408 g/mol. The maximum absolute atomic E-state index is 12.3. The van der Waals surface area contributed by atoms with Crippen molar-refractivity contribution in [2.75, 3.05) is 11.9 Å². The van der Waals surface area contributed by atoms with Crippen molar-refractivity contribution in [1.82, 2.24) is 10.3 Å². The van der Waals surface area contributed by atoms with Crippen LogP contribution in [0.1, 0.15) is 35.0 Å². The number of carbonyl (C=O) groups excluding carboxylic acids is 1. The first-order valence-electron chi connectivity index (χ1n) is 9.79. The van der Waals surface area contributed by atoms with Crippen molar-refractivity contribution in [3.8, 4) is 29.5 Å². The molecule has 3 aromatic rings. The third-order valence-electron chi connectivity index (χ3n) is 5.38. The zero-order valence-corrected chi connectivity index (χ0v) is 17.4.